The molecule has 2 aromatic heterocycles. The van der Waals surface area contributed by atoms with Gasteiger partial charge in [0.15, 0.2) is 0 Å². The van der Waals surface area contributed by atoms with E-state index in [0.29, 0.717) is 22.3 Å². The second-order valence-electron chi connectivity index (χ2n) is 6.68. The third-order valence-electron chi connectivity index (χ3n) is 4.94. The Hall–Kier alpha value is -2.95. The molecule has 1 fully saturated rings. The Morgan fingerprint density at radius 3 is 2.68 bits per heavy atom. The lowest BCUT2D eigenvalue weighted by Crippen LogP contribution is -2.47. The van der Waals surface area contributed by atoms with Crippen molar-refractivity contribution in [3.05, 3.63) is 59.1 Å². The molecule has 7 nitrogen and oxygen atoms in total. The summed E-state index contributed by atoms with van der Waals surface area (Å²) in [5.74, 6) is 2.04. The number of nitrogens with zero attached hydrogens (tertiary/aromatic N) is 6. The zero-order chi connectivity index (χ0) is 19.5. The predicted molar refractivity (Wildman–Crippen MR) is 106 cm³/mol. The number of hydrogen-bond donors (Lipinski definition) is 0. The van der Waals surface area contributed by atoms with Gasteiger partial charge in [0, 0.05) is 43.0 Å². The summed E-state index contributed by atoms with van der Waals surface area (Å²) in [5.41, 5.74) is 1.41. The molecular weight excluding hydrogens is 376 g/mol. The molecule has 0 aliphatic carbocycles. The highest BCUT2D eigenvalue weighted by Crippen LogP contribution is 2.25. The van der Waals surface area contributed by atoms with Crippen molar-refractivity contribution in [2.75, 3.05) is 31.1 Å². The molecule has 0 amide bonds. The van der Waals surface area contributed by atoms with Crippen LogP contribution in [0, 0.1) is 11.3 Å². The fourth-order valence-electron chi connectivity index (χ4n) is 3.28. The lowest BCUT2D eigenvalue weighted by molar-refractivity contribution is 0.164. The van der Waals surface area contributed by atoms with E-state index >= 15 is 0 Å². The summed E-state index contributed by atoms with van der Waals surface area (Å²) < 4.78 is 5.51. The Morgan fingerprint density at radius 1 is 1.18 bits per heavy atom. The van der Waals surface area contributed by atoms with Crippen molar-refractivity contribution in [1.82, 2.24) is 20.0 Å². The van der Waals surface area contributed by atoms with E-state index in [1.54, 1.807) is 12.3 Å². The van der Waals surface area contributed by atoms with Gasteiger partial charge in [-0.1, -0.05) is 28.9 Å². The van der Waals surface area contributed by atoms with Crippen LogP contribution in [0.15, 0.2) is 47.1 Å². The van der Waals surface area contributed by atoms with Crippen LogP contribution < -0.4 is 4.90 Å². The highest BCUT2D eigenvalue weighted by atomic mass is 35.5. The Bertz CT molecular complexity index is 988. The van der Waals surface area contributed by atoms with Gasteiger partial charge in [-0.2, -0.15) is 10.2 Å². The molecule has 0 N–H and O–H groups in total. The Balaban J connectivity index is 1.40. The first kappa shape index (κ1) is 18.4. The quantitative estimate of drug-likeness (QED) is 0.669. The van der Waals surface area contributed by atoms with Crippen LogP contribution in [0.1, 0.15) is 24.4 Å². The number of halogens is 1. The summed E-state index contributed by atoms with van der Waals surface area (Å²) in [6, 6.07) is 13.2. The largest absolute Gasteiger partial charge is 0.354 e. The summed E-state index contributed by atoms with van der Waals surface area (Å²) in [7, 11) is 0. The van der Waals surface area contributed by atoms with E-state index in [1.807, 2.05) is 30.3 Å². The van der Waals surface area contributed by atoms with Crippen LogP contribution in [0.25, 0.3) is 11.4 Å². The van der Waals surface area contributed by atoms with Crippen molar-refractivity contribution in [2.45, 2.75) is 13.0 Å². The minimum absolute atomic E-state index is 0.0245. The van der Waals surface area contributed by atoms with Crippen LogP contribution in [-0.2, 0) is 0 Å². The molecule has 8 heteroatoms. The standard InChI is InChI=1S/C20H19ClN6O/c1-14(20-24-19(25-28-20)16-3-2-4-17(21)11-16)26-7-9-27(10-8-26)18-6-5-15(12-22)13-23-18/h2-6,11,13-14H,7-10H2,1H3. The lowest BCUT2D eigenvalue weighted by Gasteiger charge is -2.37. The number of rotatable bonds is 4. The number of aromatic nitrogens is 3. The van der Waals surface area contributed by atoms with Crippen molar-refractivity contribution in [1.29, 1.82) is 5.26 Å². The molecule has 1 saturated heterocycles. The maximum atomic E-state index is 8.89. The van der Waals surface area contributed by atoms with Gasteiger partial charge in [-0.25, -0.2) is 4.98 Å². The van der Waals surface area contributed by atoms with Crippen molar-refractivity contribution in [3.8, 4) is 17.5 Å². The van der Waals surface area contributed by atoms with Gasteiger partial charge in [-0.15, -0.1) is 0 Å². The van der Waals surface area contributed by atoms with Gasteiger partial charge in [0.25, 0.3) is 0 Å². The summed E-state index contributed by atoms with van der Waals surface area (Å²) in [6.45, 7) is 5.48. The molecule has 1 unspecified atom stereocenters. The molecule has 142 valence electrons. The first-order chi connectivity index (χ1) is 13.6. The topological polar surface area (TPSA) is 82.1 Å². The predicted octanol–water partition coefficient (Wildman–Crippen LogP) is 3.54. The monoisotopic (exact) mass is 394 g/mol. The summed E-state index contributed by atoms with van der Waals surface area (Å²) >= 11 is 6.05. The Labute approximate surface area is 168 Å². The fourth-order valence-corrected chi connectivity index (χ4v) is 3.47. The molecule has 4 rings (SSSR count). The minimum atomic E-state index is 0.0245. The van der Waals surface area contributed by atoms with Crippen molar-refractivity contribution in [3.63, 3.8) is 0 Å². The fraction of sp³-hybridized carbons (Fsp3) is 0.300. The highest BCUT2D eigenvalue weighted by Gasteiger charge is 2.26. The van der Waals surface area contributed by atoms with Crippen LogP contribution in [-0.4, -0.2) is 46.2 Å². The van der Waals surface area contributed by atoms with Gasteiger partial charge in [0.2, 0.25) is 11.7 Å². The number of nitriles is 1. The highest BCUT2D eigenvalue weighted by molar-refractivity contribution is 6.30. The average molecular weight is 395 g/mol. The first-order valence-electron chi connectivity index (χ1n) is 9.09. The van der Waals surface area contributed by atoms with Gasteiger partial charge in [-0.05, 0) is 31.2 Å². The molecule has 3 heterocycles. The van der Waals surface area contributed by atoms with Crippen LogP contribution in [0.5, 0.6) is 0 Å². The molecule has 1 aliphatic rings. The van der Waals surface area contributed by atoms with Crippen LogP contribution in [0.2, 0.25) is 5.02 Å². The molecule has 0 radical (unpaired) electrons. The average Bonchev–Trinajstić information content (AvgIpc) is 3.24. The molecule has 3 aromatic rings. The van der Waals surface area contributed by atoms with Crippen molar-refractivity contribution in [2.24, 2.45) is 0 Å². The van der Waals surface area contributed by atoms with Crippen LogP contribution in [0.3, 0.4) is 0 Å². The van der Waals surface area contributed by atoms with Gasteiger partial charge in [0.05, 0.1) is 11.6 Å². The number of benzene rings is 1. The van der Waals surface area contributed by atoms with Gasteiger partial charge in [0.1, 0.15) is 11.9 Å². The third kappa shape index (κ3) is 3.84. The maximum Gasteiger partial charge on any atom is 0.244 e. The van der Waals surface area contributed by atoms with Gasteiger partial charge < -0.3 is 9.42 Å². The molecule has 0 saturated carbocycles. The normalized spacial score (nSPS) is 16.0. The van der Waals surface area contributed by atoms with Crippen LogP contribution in [0.4, 0.5) is 5.82 Å². The Morgan fingerprint density at radius 2 is 2.00 bits per heavy atom. The maximum absolute atomic E-state index is 8.89. The lowest BCUT2D eigenvalue weighted by atomic mass is 10.2. The second kappa shape index (κ2) is 7.97. The van der Waals surface area contributed by atoms with E-state index in [4.69, 9.17) is 21.4 Å². The molecule has 0 spiro atoms. The molecule has 0 bridgehead atoms. The summed E-state index contributed by atoms with van der Waals surface area (Å²) in [6.07, 6.45) is 1.61. The molecular formula is C20H19ClN6O. The smallest absolute Gasteiger partial charge is 0.244 e. The summed E-state index contributed by atoms with van der Waals surface area (Å²) in [5, 5.41) is 13.6. The molecule has 1 aliphatic heterocycles. The van der Waals surface area contributed by atoms with Crippen molar-refractivity contribution < 1.29 is 4.52 Å². The zero-order valence-corrected chi connectivity index (χ0v) is 16.2. The Kier molecular flexibility index (Phi) is 5.24. The van der Waals surface area contributed by atoms with Crippen LogP contribution >= 0.6 is 11.6 Å². The molecule has 1 atom stereocenters. The van der Waals surface area contributed by atoms with E-state index in [2.05, 4.69) is 37.9 Å². The van der Waals surface area contributed by atoms with E-state index in [9.17, 15) is 0 Å². The van der Waals surface area contributed by atoms with Gasteiger partial charge >= 0.3 is 0 Å². The number of anilines is 1. The first-order valence-corrected chi connectivity index (χ1v) is 9.46. The van der Waals surface area contributed by atoms with E-state index in [-0.39, 0.29) is 6.04 Å². The number of piperazine rings is 1. The number of pyridine rings is 1. The van der Waals surface area contributed by atoms with Crippen molar-refractivity contribution >= 4 is 17.4 Å². The van der Waals surface area contributed by atoms with E-state index in [0.717, 1.165) is 37.6 Å². The second-order valence-corrected chi connectivity index (χ2v) is 7.12. The zero-order valence-electron chi connectivity index (χ0n) is 15.4. The van der Waals surface area contributed by atoms with Gasteiger partial charge in [-0.3, -0.25) is 4.90 Å². The van der Waals surface area contributed by atoms with E-state index < -0.39 is 0 Å². The van der Waals surface area contributed by atoms with E-state index in [1.165, 1.54) is 0 Å². The SMILES string of the molecule is CC(c1nc(-c2cccc(Cl)c2)no1)N1CCN(c2ccc(C#N)cn2)CC1. The summed E-state index contributed by atoms with van der Waals surface area (Å²) in [4.78, 5) is 13.5. The molecule has 28 heavy (non-hydrogen) atoms. The minimum Gasteiger partial charge on any atom is -0.354 e. The molecule has 1 aromatic carbocycles. The third-order valence-corrected chi connectivity index (χ3v) is 5.18. The number of hydrogen-bond acceptors (Lipinski definition) is 7.